The fourth-order valence-electron chi connectivity index (χ4n) is 7.82. The molecule has 0 spiro atoms. The van der Waals surface area contributed by atoms with Gasteiger partial charge in [-0.1, -0.05) is 25.5 Å². The Labute approximate surface area is 191 Å². The molecule has 3 saturated carbocycles. The van der Waals surface area contributed by atoms with Gasteiger partial charge in [-0.25, -0.2) is 4.68 Å². The topological polar surface area (TPSA) is 95.1 Å². The number of allylic oxidation sites excluding steroid dienone is 2. The Bertz CT molecular complexity index is 881. The van der Waals surface area contributed by atoms with Crippen molar-refractivity contribution in [3.8, 4) is 0 Å². The van der Waals surface area contributed by atoms with E-state index in [1.54, 1.807) is 4.68 Å². The van der Waals surface area contributed by atoms with Gasteiger partial charge in [0, 0.05) is 29.8 Å². The summed E-state index contributed by atoms with van der Waals surface area (Å²) < 4.78 is 1.77. The number of hydrogen-bond acceptors (Lipinski definition) is 6. The summed E-state index contributed by atoms with van der Waals surface area (Å²) in [4.78, 5) is 19.2. The maximum atomic E-state index is 13.5. The van der Waals surface area contributed by atoms with Crippen LogP contribution in [-0.4, -0.2) is 33.9 Å². The molecule has 7 heteroatoms. The van der Waals surface area contributed by atoms with E-state index in [9.17, 15) is 4.79 Å². The number of nitrogens with one attached hydrogen (secondary N) is 1. The number of hydrogen-bond donors (Lipinski definition) is 2. The zero-order chi connectivity index (χ0) is 22.3. The number of nitrogens with zero attached hydrogens (tertiary/aromatic N) is 3. The smallest absolute Gasteiger partial charge is 0.163 e. The number of aromatic nitrogens is 3. The van der Waals surface area contributed by atoms with E-state index in [0.717, 1.165) is 42.5 Å². The average Bonchev–Trinajstić information content (AvgIpc) is 3.38. The number of carbonyl (C=O) groups excluding carboxylic acids is 1. The van der Waals surface area contributed by atoms with Crippen LogP contribution in [0.15, 0.2) is 18.0 Å². The van der Waals surface area contributed by atoms with Crippen LogP contribution in [0.3, 0.4) is 0 Å². The number of nitrogens with two attached hydrogens (primary N) is 1. The molecule has 0 saturated heterocycles. The zero-order valence-corrected chi connectivity index (χ0v) is 19.7. The van der Waals surface area contributed by atoms with Crippen LogP contribution in [0.25, 0.3) is 0 Å². The third-order valence-electron chi connectivity index (χ3n) is 9.60. The lowest BCUT2D eigenvalue weighted by molar-refractivity contribution is -0.146. The molecule has 3 fully saturated rings. The maximum absolute atomic E-state index is 13.5. The van der Waals surface area contributed by atoms with Gasteiger partial charge in [0.25, 0.3) is 0 Å². The van der Waals surface area contributed by atoms with Gasteiger partial charge in [0.15, 0.2) is 5.78 Å². The predicted molar refractivity (Wildman–Crippen MR) is 122 cm³/mol. The van der Waals surface area contributed by atoms with Gasteiger partial charge in [0.2, 0.25) is 0 Å². The molecule has 4 aliphatic carbocycles. The first kappa shape index (κ1) is 22.1. The molecule has 3 N–H and O–H groups in total. The van der Waals surface area contributed by atoms with E-state index in [-0.39, 0.29) is 5.41 Å². The van der Waals surface area contributed by atoms with Crippen LogP contribution in [0.5, 0.6) is 0 Å². The summed E-state index contributed by atoms with van der Waals surface area (Å²) in [6.07, 6.45) is 14.5. The molecule has 0 aromatic carbocycles. The van der Waals surface area contributed by atoms with Crippen LogP contribution >= 0.6 is 0 Å². The summed E-state index contributed by atoms with van der Waals surface area (Å²) in [6, 6.07) is 0. The molecule has 1 aromatic rings. The molecule has 0 amide bonds. The molecule has 1 aromatic heterocycles. The lowest BCUT2D eigenvalue weighted by atomic mass is 9.45. The van der Waals surface area contributed by atoms with E-state index < -0.39 is 0 Å². The summed E-state index contributed by atoms with van der Waals surface area (Å²) in [5.41, 5.74) is 10.8. The summed E-state index contributed by atoms with van der Waals surface area (Å²) in [5, 5.41) is 8.19. The molecule has 0 radical (unpaired) electrons. The molecule has 0 aliphatic heterocycles. The average molecular weight is 442 g/mol. The van der Waals surface area contributed by atoms with Gasteiger partial charge in [-0.15, -0.1) is 5.10 Å². The Balaban J connectivity index is 1.20. The lowest BCUT2D eigenvalue weighted by Crippen LogP contribution is -2.55. The number of hydroxylamine groups is 1. The Morgan fingerprint density at radius 2 is 2.09 bits per heavy atom. The molecule has 0 bridgehead atoms. The lowest BCUT2D eigenvalue weighted by Gasteiger charge is -2.58. The third kappa shape index (κ3) is 3.71. The summed E-state index contributed by atoms with van der Waals surface area (Å²) >= 11 is 0. The first-order chi connectivity index (χ1) is 15.4. The highest BCUT2D eigenvalue weighted by Gasteiger charge is 2.59. The highest BCUT2D eigenvalue weighted by atomic mass is 16.6. The normalized spacial score (nSPS) is 38.6. The van der Waals surface area contributed by atoms with Crippen LogP contribution < -0.4 is 11.2 Å². The van der Waals surface area contributed by atoms with Gasteiger partial charge in [-0.2, -0.15) is 0 Å². The van der Waals surface area contributed by atoms with Gasteiger partial charge >= 0.3 is 0 Å². The van der Waals surface area contributed by atoms with Gasteiger partial charge in [-0.3, -0.25) is 15.1 Å². The van der Waals surface area contributed by atoms with Gasteiger partial charge < -0.3 is 5.73 Å². The maximum Gasteiger partial charge on any atom is 0.163 e. The van der Waals surface area contributed by atoms with E-state index >= 15 is 0 Å². The summed E-state index contributed by atoms with van der Waals surface area (Å²) in [6.45, 7) is 6.45. The molecule has 5 rings (SSSR count). The van der Waals surface area contributed by atoms with Crippen LogP contribution in [0.1, 0.15) is 70.9 Å². The third-order valence-corrected chi connectivity index (χ3v) is 9.60. The molecule has 6 atom stereocenters. The van der Waals surface area contributed by atoms with E-state index in [2.05, 4.69) is 29.6 Å². The van der Waals surface area contributed by atoms with Crippen molar-refractivity contribution >= 4 is 5.78 Å². The van der Waals surface area contributed by atoms with Gasteiger partial charge in [0.05, 0.1) is 18.8 Å². The monoisotopic (exact) mass is 441 g/mol. The van der Waals surface area contributed by atoms with Crippen LogP contribution in [0.2, 0.25) is 0 Å². The van der Waals surface area contributed by atoms with Crippen molar-refractivity contribution in [2.75, 3.05) is 13.2 Å². The molecule has 32 heavy (non-hydrogen) atoms. The van der Waals surface area contributed by atoms with Crippen molar-refractivity contribution in [1.29, 1.82) is 0 Å². The molecular weight excluding hydrogens is 402 g/mol. The summed E-state index contributed by atoms with van der Waals surface area (Å²) in [5.74, 6) is 2.87. The number of rotatable bonds is 7. The first-order valence-electron chi connectivity index (χ1n) is 12.7. The second-order valence-corrected chi connectivity index (χ2v) is 11.2. The van der Waals surface area contributed by atoms with E-state index in [0.29, 0.717) is 42.7 Å². The van der Waals surface area contributed by atoms with Crippen molar-refractivity contribution in [3.63, 3.8) is 0 Å². The van der Waals surface area contributed by atoms with Gasteiger partial charge in [0.1, 0.15) is 0 Å². The molecule has 7 nitrogen and oxygen atoms in total. The number of carbonyl (C=O) groups is 1. The van der Waals surface area contributed by atoms with Crippen molar-refractivity contribution in [2.45, 2.75) is 78.2 Å². The Morgan fingerprint density at radius 1 is 1.22 bits per heavy atom. The molecule has 176 valence electrons. The largest absolute Gasteiger partial charge is 0.330 e. The second-order valence-electron chi connectivity index (χ2n) is 11.2. The second kappa shape index (κ2) is 8.56. The van der Waals surface area contributed by atoms with Crippen molar-refractivity contribution < 1.29 is 9.63 Å². The highest BCUT2D eigenvalue weighted by molar-refractivity contribution is 5.96. The minimum Gasteiger partial charge on any atom is -0.330 e. The van der Waals surface area contributed by atoms with E-state index in [1.807, 2.05) is 12.3 Å². The Kier molecular flexibility index (Phi) is 5.91. The number of ketones is 1. The minimum absolute atomic E-state index is 0.196. The van der Waals surface area contributed by atoms with Crippen LogP contribution in [-0.2, 0) is 22.6 Å². The van der Waals surface area contributed by atoms with Gasteiger partial charge in [-0.05, 0) is 80.6 Å². The van der Waals surface area contributed by atoms with Crippen molar-refractivity contribution in [2.24, 2.45) is 40.2 Å². The van der Waals surface area contributed by atoms with E-state index in [1.165, 1.54) is 38.5 Å². The minimum atomic E-state index is -0.196. The predicted octanol–water partition coefficient (Wildman–Crippen LogP) is 3.41. The number of fused-ring (bicyclic) bond motifs is 5. The Hall–Kier alpha value is -1.73. The van der Waals surface area contributed by atoms with Crippen LogP contribution in [0.4, 0.5) is 0 Å². The fourth-order valence-corrected chi connectivity index (χ4v) is 7.82. The highest BCUT2D eigenvalue weighted by Crippen LogP contribution is 2.65. The van der Waals surface area contributed by atoms with Crippen molar-refractivity contribution in [3.05, 3.63) is 23.7 Å². The SMILES string of the molecule is C[C@@]12CCCC1C1CCC3CC(NOCCn4cc(CCN)nn4)=CC(=O)[C@]3(C)C1CC2. The molecule has 4 unspecified atom stereocenters. The summed E-state index contributed by atoms with van der Waals surface area (Å²) in [7, 11) is 0. The quantitative estimate of drug-likeness (QED) is 0.497. The zero-order valence-electron chi connectivity index (χ0n) is 19.7. The molecule has 1 heterocycles. The van der Waals surface area contributed by atoms with Crippen molar-refractivity contribution in [1.82, 2.24) is 20.5 Å². The molecular formula is C25H39N5O2. The fraction of sp³-hybridized carbons (Fsp3) is 0.800. The Morgan fingerprint density at radius 3 is 2.94 bits per heavy atom. The first-order valence-corrected chi connectivity index (χ1v) is 12.7. The standard InChI is InChI=1S/C25H39N5O2/c1-24-9-3-4-21(24)20-6-5-17-14-19(15-23(31)25(17,2)22(20)7-10-24)28-32-13-12-30-16-18(8-11-26)27-29-30/h15-17,20-22,28H,3-14,26H2,1-2H3/t17?,20?,21?,22?,24-,25-/m0/s1. The van der Waals surface area contributed by atoms with E-state index in [4.69, 9.17) is 10.6 Å². The van der Waals surface area contributed by atoms with Crippen LogP contribution in [0, 0.1) is 34.5 Å². The molecule has 4 aliphatic rings.